The maximum atomic E-state index is 13.8. The van der Waals surface area contributed by atoms with E-state index in [1.54, 1.807) is 12.1 Å². The van der Waals surface area contributed by atoms with Crippen LogP contribution in [0.25, 0.3) is 28.2 Å². The van der Waals surface area contributed by atoms with E-state index in [1.807, 2.05) is 72.2 Å². The van der Waals surface area contributed by atoms with Crippen LogP contribution in [0, 0.1) is 0 Å². The molecule has 0 atom stereocenters. The molecule has 0 unspecified atom stereocenters. The van der Waals surface area contributed by atoms with Crippen LogP contribution < -0.4 is 20.9 Å². The zero-order valence-corrected chi connectivity index (χ0v) is 28.4. The molecule has 1 aliphatic rings. The molecule has 3 N–H and O–H groups in total. The molecule has 0 aliphatic carbocycles. The zero-order chi connectivity index (χ0) is 33.6. The van der Waals surface area contributed by atoms with E-state index in [0.717, 1.165) is 40.2 Å². The SMILES string of the molecule is CNC(C)(C)CCOCCNC(=O)c1ccc(-n2nnc3c2-c2ccccc2CN(C(=O)CCC(C)(C)NC)c2ccccc2-3)cc1. The van der Waals surface area contributed by atoms with Gasteiger partial charge in [-0.05, 0) is 90.5 Å². The molecular formula is C37H47N7O3. The Hall–Kier alpha value is -4.38. The van der Waals surface area contributed by atoms with Crippen LogP contribution >= 0.6 is 0 Å². The predicted molar refractivity (Wildman–Crippen MR) is 187 cm³/mol. The molecule has 10 nitrogen and oxygen atoms in total. The van der Waals surface area contributed by atoms with Gasteiger partial charge >= 0.3 is 0 Å². The van der Waals surface area contributed by atoms with Crippen molar-refractivity contribution in [2.24, 2.45) is 0 Å². The number of rotatable bonds is 13. The summed E-state index contributed by atoms with van der Waals surface area (Å²) in [4.78, 5) is 28.5. The summed E-state index contributed by atoms with van der Waals surface area (Å²) in [7, 11) is 3.86. The van der Waals surface area contributed by atoms with Gasteiger partial charge < -0.3 is 25.6 Å². The monoisotopic (exact) mass is 637 g/mol. The first-order valence-corrected chi connectivity index (χ1v) is 16.3. The third kappa shape index (κ3) is 7.96. The largest absolute Gasteiger partial charge is 0.380 e. The number of hydrogen-bond donors (Lipinski definition) is 3. The molecule has 0 saturated heterocycles. The lowest BCUT2D eigenvalue weighted by Gasteiger charge is -2.30. The van der Waals surface area contributed by atoms with E-state index in [9.17, 15) is 9.59 Å². The van der Waals surface area contributed by atoms with Gasteiger partial charge in [-0.2, -0.15) is 0 Å². The third-order valence-corrected chi connectivity index (χ3v) is 9.12. The van der Waals surface area contributed by atoms with Gasteiger partial charge in [-0.1, -0.05) is 47.7 Å². The summed E-state index contributed by atoms with van der Waals surface area (Å²) in [6, 6.07) is 23.3. The number of hydrogen-bond acceptors (Lipinski definition) is 7. The fourth-order valence-corrected chi connectivity index (χ4v) is 5.49. The Balaban J connectivity index is 1.39. The molecule has 2 amide bonds. The van der Waals surface area contributed by atoms with Crippen LogP contribution in [0.15, 0.2) is 72.8 Å². The van der Waals surface area contributed by atoms with E-state index in [2.05, 4.69) is 66.1 Å². The summed E-state index contributed by atoms with van der Waals surface area (Å²) in [5, 5.41) is 18.8. The lowest BCUT2D eigenvalue weighted by molar-refractivity contribution is -0.119. The van der Waals surface area contributed by atoms with Gasteiger partial charge in [0, 0.05) is 47.3 Å². The molecule has 0 bridgehead atoms. The zero-order valence-electron chi connectivity index (χ0n) is 28.4. The average molecular weight is 638 g/mol. The second-order valence-electron chi connectivity index (χ2n) is 13.3. The Bertz CT molecular complexity index is 1690. The molecule has 2 heterocycles. The van der Waals surface area contributed by atoms with Gasteiger partial charge in [-0.25, -0.2) is 4.68 Å². The number of para-hydroxylation sites is 1. The Kier molecular flexibility index (Phi) is 10.5. The van der Waals surface area contributed by atoms with Crippen molar-refractivity contribution in [3.05, 3.63) is 83.9 Å². The molecule has 1 aliphatic heterocycles. The minimum atomic E-state index is -0.160. The number of fused-ring (bicyclic) bond motifs is 5. The number of aromatic nitrogens is 3. The molecule has 0 saturated carbocycles. The minimum absolute atomic E-state index is 0.0151. The van der Waals surface area contributed by atoms with E-state index in [-0.39, 0.29) is 22.9 Å². The fraction of sp³-hybridized carbons (Fsp3) is 0.405. The number of nitrogens with zero attached hydrogens (tertiary/aromatic N) is 4. The van der Waals surface area contributed by atoms with Crippen molar-refractivity contribution in [3.63, 3.8) is 0 Å². The van der Waals surface area contributed by atoms with Gasteiger partial charge in [0.2, 0.25) is 5.91 Å². The van der Waals surface area contributed by atoms with Crippen LogP contribution in [-0.2, 0) is 16.1 Å². The Labute approximate surface area is 277 Å². The highest BCUT2D eigenvalue weighted by Gasteiger charge is 2.30. The quantitative estimate of drug-likeness (QED) is 0.169. The van der Waals surface area contributed by atoms with E-state index < -0.39 is 0 Å². The molecule has 10 heteroatoms. The first-order valence-electron chi connectivity index (χ1n) is 16.3. The van der Waals surface area contributed by atoms with Crippen molar-refractivity contribution < 1.29 is 14.3 Å². The van der Waals surface area contributed by atoms with Crippen LogP contribution in [0.4, 0.5) is 5.69 Å². The topological polar surface area (TPSA) is 113 Å². The van der Waals surface area contributed by atoms with Crippen LogP contribution in [0.5, 0.6) is 0 Å². The van der Waals surface area contributed by atoms with Crippen molar-refractivity contribution in [2.45, 2.75) is 64.6 Å². The van der Waals surface area contributed by atoms with Crippen LogP contribution in [0.2, 0.25) is 0 Å². The highest BCUT2D eigenvalue weighted by atomic mass is 16.5. The predicted octanol–water partition coefficient (Wildman–Crippen LogP) is 5.36. The average Bonchev–Trinajstić information content (AvgIpc) is 3.51. The number of benzene rings is 3. The Morgan fingerprint density at radius 1 is 0.830 bits per heavy atom. The minimum Gasteiger partial charge on any atom is -0.380 e. The van der Waals surface area contributed by atoms with Crippen LogP contribution in [-0.4, -0.2) is 71.7 Å². The molecule has 0 radical (unpaired) electrons. The summed E-state index contributed by atoms with van der Waals surface area (Å²) in [6.45, 7) is 10.4. The molecule has 0 spiro atoms. The number of carbonyl (C=O) groups is 2. The summed E-state index contributed by atoms with van der Waals surface area (Å²) < 4.78 is 7.52. The smallest absolute Gasteiger partial charge is 0.251 e. The Morgan fingerprint density at radius 2 is 1.49 bits per heavy atom. The molecule has 3 aromatic carbocycles. The number of carbonyl (C=O) groups excluding carboxylic acids is 2. The highest BCUT2D eigenvalue weighted by Crippen LogP contribution is 2.42. The summed E-state index contributed by atoms with van der Waals surface area (Å²) in [5.41, 5.74) is 6.34. The molecule has 47 heavy (non-hydrogen) atoms. The molecule has 248 valence electrons. The third-order valence-electron chi connectivity index (χ3n) is 9.12. The second kappa shape index (κ2) is 14.6. The van der Waals surface area contributed by atoms with Gasteiger partial charge in [-0.15, -0.1) is 5.10 Å². The van der Waals surface area contributed by atoms with E-state index in [1.165, 1.54) is 0 Å². The molecule has 4 aromatic rings. The van der Waals surface area contributed by atoms with Gasteiger partial charge in [0.05, 0.1) is 24.5 Å². The van der Waals surface area contributed by atoms with E-state index in [4.69, 9.17) is 4.74 Å². The molecule has 5 rings (SSSR count). The molecule has 1 aromatic heterocycles. The lowest BCUT2D eigenvalue weighted by Crippen LogP contribution is -2.39. The normalized spacial score (nSPS) is 12.9. The number of anilines is 1. The summed E-state index contributed by atoms with van der Waals surface area (Å²) >= 11 is 0. The van der Waals surface area contributed by atoms with Gasteiger partial charge in [0.15, 0.2) is 0 Å². The van der Waals surface area contributed by atoms with Crippen molar-refractivity contribution in [1.29, 1.82) is 0 Å². The standard InChI is InChI=1S/C37H47N7O3/c1-36(2,38-5)20-19-32(45)43-25-27-11-7-8-12-29(27)34-33(30-13-9-10-14-31(30)43)41-42-44(34)28-17-15-26(16-18-28)35(46)40-22-24-47-23-21-37(3,4)39-6/h7-18,38-39H,19-25H2,1-6H3,(H,40,46). The van der Waals surface area contributed by atoms with Gasteiger partial charge in [-0.3, -0.25) is 9.59 Å². The molecular weight excluding hydrogens is 590 g/mol. The van der Waals surface area contributed by atoms with Crippen molar-refractivity contribution in [3.8, 4) is 28.2 Å². The molecule has 0 fully saturated rings. The maximum absolute atomic E-state index is 13.8. The number of nitrogens with one attached hydrogen (secondary N) is 3. The van der Waals surface area contributed by atoms with Crippen LogP contribution in [0.1, 0.15) is 62.9 Å². The van der Waals surface area contributed by atoms with E-state index in [0.29, 0.717) is 50.4 Å². The first-order chi connectivity index (χ1) is 22.5. The van der Waals surface area contributed by atoms with Gasteiger partial charge in [0.25, 0.3) is 5.91 Å². The highest BCUT2D eigenvalue weighted by molar-refractivity contribution is 6.00. The van der Waals surface area contributed by atoms with Crippen LogP contribution in [0.3, 0.4) is 0 Å². The summed E-state index contributed by atoms with van der Waals surface area (Å²) in [6.07, 6.45) is 2.00. The first kappa shape index (κ1) is 34.0. The maximum Gasteiger partial charge on any atom is 0.251 e. The lowest BCUT2D eigenvalue weighted by atomic mass is 9.94. The second-order valence-corrected chi connectivity index (χ2v) is 13.3. The summed E-state index contributed by atoms with van der Waals surface area (Å²) in [5.74, 6) is -0.101. The van der Waals surface area contributed by atoms with E-state index >= 15 is 0 Å². The van der Waals surface area contributed by atoms with Crippen molar-refractivity contribution >= 4 is 17.5 Å². The van der Waals surface area contributed by atoms with Gasteiger partial charge in [0.1, 0.15) is 11.4 Å². The number of amides is 2. The van der Waals surface area contributed by atoms with Crippen molar-refractivity contribution in [2.75, 3.05) is 38.8 Å². The van der Waals surface area contributed by atoms with Crippen molar-refractivity contribution in [1.82, 2.24) is 30.9 Å². The fourth-order valence-electron chi connectivity index (χ4n) is 5.49. The number of ether oxygens (including phenoxy) is 1. The Morgan fingerprint density at radius 3 is 2.21 bits per heavy atom.